The molecule has 0 atom stereocenters. The Hall–Kier alpha value is -4.53. The summed E-state index contributed by atoms with van der Waals surface area (Å²) >= 11 is 0. The van der Waals surface area contributed by atoms with E-state index in [1.54, 1.807) is 0 Å². The first-order valence-electron chi connectivity index (χ1n) is 11.9. The van der Waals surface area contributed by atoms with Gasteiger partial charge in [0.1, 0.15) is 13.2 Å². The number of hydrogen-bond acceptors (Lipinski definition) is 4. The van der Waals surface area contributed by atoms with Gasteiger partial charge in [-0.3, -0.25) is 0 Å². The zero-order valence-electron chi connectivity index (χ0n) is 22.5. The first-order valence-corrected chi connectivity index (χ1v) is 11.9. The van der Waals surface area contributed by atoms with Crippen LogP contribution >= 0.6 is 0 Å². The molecule has 0 radical (unpaired) electrons. The zero-order valence-corrected chi connectivity index (χ0v) is 20.5. The molecule has 0 bridgehead atoms. The molecule has 0 spiro atoms. The normalized spacial score (nSPS) is 10.2. The van der Waals surface area contributed by atoms with E-state index in [2.05, 4.69) is 9.97 Å². The molecule has 37 heavy (non-hydrogen) atoms. The number of ether oxygens (including phenoxy) is 2. The van der Waals surface area contributed by atoms with E-state index in [0.717, 1.165) is 32.9 Å². The van der Waals surface area contributed by atoms with E-state index in [9.17, 15) is 0 Å². The maximum Gasteiger partial charge on any atom is 2.00 e. The van der Waals surface area contributed by atoms with E-state index in [4.69, 9.17) is 9.47 Å². The number of hydrogen-bond donors (Lipinski definition) is 0. The summed E-state index contributed by atoms with van der Waals surface area (Å²) < 4.78 is 11.4. The Labute approximate surface area is 223 Å². The maximum atomic E-state index is 5.69. The van der Waals surface area contributed by atoms with Gasteiger partial charge in [-0.05, 0) is 35.4 Å². The van der Waals surface area contributed by atoms with Crippen LogP contribution in [0.5, 0.6) is 11.8 Å². The van der Waals surface area contributed by atoms with Crippen molar-refractivity contribution in [1.82, 2.24) is 9.97 Å². The molecule has 0 saturated heterocycles. The molecule has 0 unspecified atom stereocenters. The van der Waals surface area contributed by atoms with E-state index < -0.39 is 0 Å². The van der Waals surface area contributed by atoms with Crippen molar-refractivity contribution < 1.29 is 12.3 Å². The van der Waals surface area contributed by atoms with Gasteiger partial charge in [0.2, 0.25) is 11.8 Å². The topological polar surface area (TPSA) is 44.2 Å². The van der Waals surface area contributed by atoms with Gasteiger partial charge in [-0.15, -0.1) is 0 Å². The quantitative estimate of drug-likeness (QED) is 0.231. The molecule has 0 aliphatic heterocycles. The molecule has 4 aromatic carbocycles. The van der Waals surface area contributed by atoms with Crippen LogP contribution in [0.4, 0.5) is 0 Å². The van der Waals surface area contributed by atoms with Gasteiger partial charge in [0, 0.05) is 22.9 Å². The average molecular weight is 482 g/mol. The van der Waals surface area contributed by atoms with Crippen molar-refractivity contribution in [3.63, 3.8) is 0 Å². The summed E-state index contributed by atoms with van der Waals surface area (Å²) in [5.74, 6) is 1.33. The molecule has 0 fully saturated rings. The standard InChI is InChI=1S/2C16H13NO.Be.2H/c2*1-2-6-13(7-3-1)12-18-16-11-10-14-8-4-5-9-15(14)17-16;;;/h2*1-11H,12H2;;;/q;;+2;2*-1. The molecule has 4 nitrogen and oxygen atoms in total. The largest absolute Gasteiger partial charge is 2.00 e. The Kier molecular flexibility index (Phi) is 8.96. The van der Waals surface area contributed by atoms with Crippen molar-refractivity contribution >= 4 is 31.9 Å². The van der Waals surface area contributed by atoms with Crippen LogP contribution in [0.3, 0.4) is 0 Å². The third-order valence-electron chi connectivity index (χ3n) is 5.60. The number of nitrogens with zero attached hydrogens (tertiary/aromatic N) is 2. The Morgan fingerprint density at radius 3 is 1.24 bits per heavy atom. The predicted molar refractivity (Wildman–Crippen MR) is 153 cm³/mol. The van der Waals surface area contributed by atoms with Crippen molar-refractivity contribution in [2.75, 3.05) is 0 Å². The Morgan fingerprint density at radius 1 is 0.432 bits per heavy atom. The summed E-state index contributed by atoms with van der Waals surface area (Å²) in [4.78, 5) is 8.94. The van der Waals surface area contributed by atoms with Crippen molar-refractivity contribution in [3.8, 4) is 11.8 Å². The van der Waals surface area contributed by atoms with E-state index in [0.29, 0.717) is 25.0 Å². The van der Waals surface area contributed by atoms with Crippen LogP contribution in [-0.4, -0.2) is 20.1 Å². The minimum Gasteiger partial charge on any atom is -1.00 e. The molecule has 0 aliphatic carbocycles. The van der Waals surface area contributed by atoms with Crippen molar-refractivity contribution in [2.24, 2.45) is 0 Å². The van der Waals surface area contributed by atoms with E-state index in [1.807, 2.05) is 133 Å². The molecular formula is C32H28BeN2O2. The maximum absolute atomic E-state index is 5.69. The molecule has 0 amide bonds. The minimum atomic E-state index is 0. The molecule has 6 aromatic rings. The Bertz CT molecular complexity index is 1440. The SMILES string of the molecule is [Be+2].[H-].[H-].c1ccc(COc2ccc3ccccc3n2)cc1.c1ccc(COc2ccc3ccccc3n2)cc1. The van der Waals surface area contributed by atoms with Gasteiger partial charge in [0.25, 0.3) is 0 Å². The van der Waals surface area contributed by atoms with E-state index >= 15 is 0 Å². The summed E-state index contributed by atoms with van der Waals surface area (Å²) in [7, 11) is 0. The van der Waals surface area contributed by atoms with Gasteiger partial charge in [0.15, 0.2) is 0 Å². The molecule has 0 saturated carbocycles. The van der Waals surface area contributed by atoms with Gasteiger partial charge in [-0.25, -0.2) is 9.97 Å². The number of benzene rings is 4. The molecule has 0 N–H and O–H groups in total. The first-order chi connectivity index (χ1) is 17.8. The van der Waals surface area contributed by atoms with E-state index in [1.165, 1.54) is 0 Å². The first kappa shape index (κ1) is 25.6. The van der Waals surface area contributed by atoms with Crippen LogP contribution < -0.4 is 9.47 Å². The van der Waals surface area contributed by atoms with Gasteiger partial charge in [-0.2, -0.15) is 0 Å². The molecule has 2 aromatic heterocycles. The van der Waals surface area contributed by atoms with Crippen LogP contribution in [0.15, 0.2) is 133 Å². The second kappa shape index (κ2) is 13.0. The van der Waals surface area contributed by atoms with Crippen LogP contribution in [0, 0.1) is 0 Å². The van der Waals surface area contributed by atoms with Crippen LogP contribution in [-0.2, 0) is 13.2 Å². The smallest absolute Gasteiger partial charge is 1.00 e. The number of rotatable bonds is 6. The fourth-order valence-corrected chi connectivity index (χ4v) is 3.72. The third kappa shape index (κ3) is 7.23. The van der Waals surface area contributed by atoms with Gasteiger partial charge < -0.3 is 12.3 Å². The predicted octanol–water partition coefficient (Wildman–Crippen LogP) is 7.47. The number of pyridine rings is 2. The summed E-state index contributed by atoms with van der Waals surface area (Å²) in [5, 5.41) is 2.26. The summed E-state index contributed by atoms with van der Waals surface area (Å²) in [5.41, 5.74) is 4.21. The molecule has 180 valence electrons. The summed E-state index contributed by atoms with van der Waals surface area (Å²) in [6, 6.07) is 44.1. The summed E-state index contributed by atoms with van der Waals surface area (Å²) in [6.45, 7) is 1.10. The molecule has 2 heterocycles. The zero-order chi connectivity index (χ0) is 24.4. The molecule has 5 heteroatoms. The minimum absolute atomic E-state index is 0. The van der Waals surface area contributed by atoms with E-state index in [-0.39, 0.29) is 13.0 Å². The Balaban J connectivity index is 0.000000254. The Morgan fingerprint density at radius 2 is 0.811 bits per heavy atom. The van der Waals surface area contributed by atoms with Crippen molar-refractivity contribution in [2.45, 2.75) is 13.2 Å². The molecule has 0 aliphatic rings. The van der Waals surface area contributed by atoms with Gasteiger partial charge in [0.05, 0.1) is 11.0 Å². The van der Waals surface area contributed by atoms with Crippen molar-refractivity contribution in [3.05, 3.63) is 145 Å². The number of aromatic nitrogens is 2. The second-order valence-electron chi connectivity index (χ2n) is 8.23. The van der Waals surface area contributed by atoms with Crippen LogP contribution in [0.2, 0.25) is 0 Å². The fourth-order valence-electron chi connectivity index (χ4n) is 3.72. The van der Waals surface area contributed by atoms with Gasteiger partial charge in [-0.1, -0.05) is 97.1 Å². The van der Waals surface area contributed by atoms with Crippen LogP contribution in [0.1, 0.15) is 14.0 Å². The van der Waals surface area contributed by atoms with Gasteiger partial charge >= 0.3 is 10.1 Å². The number of para-hydroxylation sites is 2. The molecular weight excluding hydrogens is 453 g/mol. The monoisotopic (exact) mass is 481 g/mol. The second-order valence-corrected chi connectivity index (χ2v) is 8.23. The number of fused-ring (bicyclic) bond motifs is 2. The van der Waals surface area contributed by atoms with Crippen LogP contribution in [0.25, 0.3) is 21.8 Å². The fraction of sp³-hybridized carbons (Fsp3) is 0.0625. The average Bonchev–Trinajstić information content (AvgIpc) is 2.96. The third-order valence-corrected chi connectivity index (χ3v) is 5.60. The summed E-state index contributed by atoms with van der Waals surface area (Å²) in [6.07, 6.45) is 0. The molecule has 6 rings (SSSR count). The van der Waals surface area contributed by atoms with Crippen molar-refractivity contribution in [1.29, 1.82) is 0 Å².